The van der Waals surface area contributed by atoms with Crippen LogP contribution in [0.1, 0.15) is 30.8 Å². The van der Waals surface area contributed by atoms with E-state index in [1.54, 1.807) is 32.0 Å². The molecule has 0 aliphatic carbocycles. The van der Waals surface area contributed by atoms with Crippen LogP contribution in [0.5, 0.6) is 5.75 Å². The van der Waals surface area contributed by atoms with Crippen LogP contribution in [0, 0.1) is 17.6 Å². The lowest BCUT2D eigenvalue weighted by atomic mass is 10.0. The average molecular weight is 513 g/mol. The molecule has 11 heteroatoms. The Morgan fingerprint density at radius 1 is 0.946 bits per heavy atom. The number of amides is 2. The molecule has 1 aromatic heterocycles. The second-order valence-electron chi connectivity index (χ2n) is 8.55. The molecule has 0 aliphatic heterocycles. The molecule has 0 fully saturated rings. The van der Waals surface area contributed by atoms with Crippen molar-refractivity contribution < 1.29 is 37.8 Å². The molecule has 0 saturated carbocycles. The van der Waals surface area contributed by atoms with Crippen LogP contribution in [-0.2, 0) is 14.4 Å². The van der Waals surface area contributed by atoms with Crippen molar-refractivity contribution in [3.8, 4) is 5.75 Å². The summed E-state index contributed by atoms with van der Waals surface area (Å²) in [5, 5.41) is 14.9. The highest BCUT2D eigenvalue weighted by Crippen LogP contribution is 2.21. The highest BCUT2D eigenvalue weighted by Gasteiger charge is 2.31. The molecule has 3 rings (SSSR count). The summed E-state index contributed by atoms with van der Waals surface area (Å²) in [5.41, 5.74) is 0.648. The number of pyridine rings is 1. The summed E-state index contributed by atoms with van der Waals surface area (Å²) in [6.45, 7) is 2.41. The van der Waals surface area contributed by atoms with Gasteiger partial charge in [-0.25, -0.2) is 13.8 Å². The molecule has 194 valence electrons. The van der Waals surface area contributed by atoms with Crippen molar-refractivity contribution in [1.82, 2.24) is 15.6 Å². The van der Waals surface area contributed by atoms with Crippen molar-refractivity contribution in [3.63, 3.8) is 0 Å². The van der Waals surface area contributed by atoms with E-state index in [-0.39, 0.29) is 5.69 Å². The van der Waals surface area contributed by atoms with Crippen LogP contribution in [0.2, 0.25) is 0 Å². The summed E-state index contributed by atoms with van der Waals surface area (Å²) in [7, 11) is 0. The Hall–Kier alpha value is -4.41. The SMILES string of the molecule is CC(C)[C@@H](NC(=O)c1ccc2ccccc2n1)C(=O)N[C@H](CC(=O)O)C(=O)COc1c(F)cccc1F. The predicted molar refractivity (Wildman–Crippen MR) is 129 cm³/mol. The standard InChI is InChI=1S/C26H25F2N3O6/c1-14(2)23(31-25(35)19-11-10-15-6-3-4-9-18(15)29-19)26(36)30-20(12-22(33)34)21(32)13-37-24-16(27)7-5-8-17(24)28/h3-11,14,20,23H,12-13H2,1-2H3,(H,30,36)(H,31,35)(H,33,34)/t20-,23-/m1/s1. The topological polar surface area (TPSA) is 135 Å². The number of fused-ring (bicyclic) bond motifs is 1. The zero-order valence-electron chi connectivity index (χ0n) is 20.0. The molecule has 0 unspecified atom stereocenters. The smallest absolute Gasteiger partial charge is 0.305 e. The normalized spacial score (nSPS) is 12.6. The molecule has 0 spiro atoms. The summed E-state index contributed by atoms with van der Waals surface area (Å²) in [6.07, 6.45) is -0.807. The third kappa shape index (κ3) is 7.06. The maximum Gasteiger partial charge on any atom is 0.305 e. The van der Waals surface area contributed by atoms with E-state index >= 15 is 0 Å². The Bertz CT molecular complexity index is 1310. The van der Waals surface area contributed by atoms with Crippen LogP contribution < -0.4 is 15.4 Å². The molecule has 0 radical (unpaired) electrons. The second kappa shape index (κ2) is 12.0. The summed E-state index contributed by atoms with van der Waals surface area (Å²) in [5.74, 6) is -7.13. The molecule has 3 N–H and O–H groups in total. The summed E-state index contributed by atoms with van der Waals surface area (Å²) in [4.78, 5) is 54.0. The molecule has 0 saturated heterocycles. The third-order valence-corrected chi connectivity index (χ3v) is 5.43. The molecule has 3 aromatic rings. The van der Waals surface area contributed by atoms with Gasteiger partial charge in [0, 0.05) is 5.39 Å². The average Bonchev–Trinajstić information content (AvgIpc) is 2.85. The van der Waals surface area contributed by atoms with Gasteiger partial charge in [-0.3, -0.25) is 19.2 Å². The van der Waals surface area contributed by atoms with E-state index in [4.69, 9.17) is 4.74 Å². The minimum atomic E-state index is -1.57. The fraction of sp³-hybridized carbons (Fsp3) is 0.269. The monoisotopic (exact) mass is 513 g/mol. The van der Waals surface area contributed by atoms with Crippen LogP contribution in [-0.4, -0.2) is 52.3 Å². The minimum Gasteiger partial charge on any atom is -0.481 e. The third-order valence-electron chi connectivity index (χ3n) is 5.43. The number of hydrogen-bond donors (Lipinski definition) is 3. The molecular weight excluding hydrogens is 488 g/mol. The van der Waals surface area contributed by atoms with Crippen LogP contribution in [0.25, 0.3) is 10.9 Å². The van der Waals surface area contributed by atoms with Gasteiger partial charge in [0.25, 0.3) is 5.91 Å². The lowest BCUT2D eigenvalue weighted by molar-refractivity contribution is -0.140. The van der Waals surface area contributed by atoms with Gasteiger partial charge in [0.05, 0.1) is 11.9 Å². The number of benzene rings is 2. The quantitative estimate of drug-likeness (QED) is 0.359. The zero-order valence-corrected chi connectivity index (χ0v) is 20.0. The van der Waals surface area contributed by atoms with Gasteiger partial charge in [0.15, 0.2) is 23.2 Å². The maximum absolute atomic E-state index is 13.8. The van der Waals surface area contributed by atoms with E-state index in [2.05, 4.69) is 15.6 Å². The highest BCUT2D eigenvalue weighted by molar-refractivity contribution is 5.99. The number of carboxylic acids is 1. The van der Waals surface area contributed by atoms with Crippen molar-refractivity contribution >= 4 is 34.5 Å². The lowest BCUT2D eigenvalue weighted by Gasteiger charge is -2.24. The van der Waals surface area contributed by atoms with Gasteiger partial charge in [-0.05, 0) is 30.2 Å². The van der Waals surface area contributed by atoms with E-state index in [0.29, 0.717) is 5.52 Å². The molecule has 2 atom stereocenters. The number of nitrogens with one attached hydrogen (secondary N) is 2. The van der Waals surface area contributed by atoms with Gasteiger partial charge in [-0.2, -0.15) is 0 Å². The Morgan fingerprint density at radius 3 is 2.27 bits per heavy atom. The molecule has 0 aliphatic rings. The van der Waals surface area contributed by atoms with Crippen molar-refractivity contribution in [2.75, 3.05) is 6.61 Å². The van der Waals surface area contributed by atoms with Gasteiger partial charge in [0.1, 0.15) is 24.4 Å². The Kier molecular flexibility index (Phi) is 8.83. The Labute approximate surface area is 210 Å². The first-order valence-corrected chi connectivity index (χ1v) is 11.3. The van der Waals surface area contributed by atoms with E-state index in [1.807, 2.05) is 12.1 Å². The molecule has 0 bridgehead atoms. The van der Waals surface area contributed by atoms with Gasteiger partial charge in [-0.15, -0.1) is 0 Å². The van der Waals surface area contributed by atoms with E-state index in [9.17, 15) is 33.1 Å². The molecular formula is C26H25F2N3O6. The maximum atomic E-state index is 13.8. The molecule has 2 amide bonds. The number of ether oxygens (including phenoxy) is 1. The molecule has 37 heavy (non-hydrogen) atoms. The van der Waals surface area contributed by atoms with Crippen LogP contribution in [0.3, 0.4) is 0 Å². The number of rotatable bonds is 11. The number of Topliss-reactive ketones (excluding diaryl/α,β-unsaturated/α-hetero) is 1. The summed E-state index contributed by atoms with van der Waals surface area (Å²) < 4.78 is 32.5. The number of nitrogens with zero attached hydrogens (tertiary/aromatic N) is 1. The van der Waals surface area contributed by atoms with Crippen molar-refractivity contribution in [3.05, 3.63) is 71.9 Å². The lowest BCUT2D eigenvalue weighted by Crippen LogP contribution is -2.54. The van der Waals surface area contributed by atoms with E-state index < -0.39 is 72.0 Å². The fourth-order valence-corrected chi connectivity index (χ4v) is 3.49. The van der Waals surface area contributed by atoms with E-state index in [1.165, 1.54) is 6.07 Å². The number of carbonyl (C=O) groups excluding carboxylic acids is 3. The number of aliphatic carboxylic acids is 1. The highest BCUT2D eigenvalue weighted by atomic mass is 19.1. The van der Waals surface area contributed by atoms with Crippen LogP contribution in [0.4, 0.5) is 8.78 Å². The van der Waals surface area contributed by atoms with Crippen molar-refractivity contribution in [2.24, 2.45) is 5.92 Å². The first-order chi connectivity index (χ1) is 17.6. The number of hydrogen-bond acceptors (Lipinski definition) is 6. The number of carboxylic acid groups (broad SMARTS) is 1. The first-order valence-electron chi connectivity index (χ1n) is 11.3. The van der Waals surface area contributed by atoms with Crippen molar-refractivity contribution in [2.45, 2.75) is 32.4 Å². The number of para-hydroxylation sites is 2. The second-order valence-corrected chi connectivity index (χ2v) is 8.55. The molecule has 1 heterocycles. The number of ketones is 1. The fourth-order valence-electron chi connectivity index (χ4n) is 3.49. The summed E-state index contributed by atoms with van der Waals surface area (Å²) >= 11 is 0. The van der Waals surface area contributed by atoms with Gasteiger partial charge >= 0.3 is 5.97 Å². The number of aromatic nitrogens is 1. The zero-order chi connectivity index (χ0) is 27.1. The number of carbonyl (C=O) groups is 4. The van der Waals surface area contributed by atoms with Gasteiger partial charge in [0.2, 0.25) is 5.91 Å². The summed E-state index contributed by atoms with van der Waals surface area (Å²) in [6, 6.07) is 10.6. The van der Waals surface area contributed by atoms with Crippen LogP contribution in [0.15, 0.2) is 54.6 Å². The van der Waals surface area contributed by atoms with E-state index in [0.717, 1.165) is 23.6 Å². The number of halogens is 2. The molecule has 9 nitrogen and oxygen atoms in total. The van der Waals surface area contributed by atoms with Crippen molar-refractivity contribution in [1.29, 1.82) is 0 Å². The Morgan fingerprint density at radius 2 is 1.62 bits per heavy atom. The van der Waals surface area contributed by atoms with Crippen LogP contribution >= 0.6 is 0 Å². The molecule has 2 aromatic carbocycles. The largest absolute Gasteiger partial charge is 0.481 e. The van der Waals surface area contributed by atoms with Gasteiger partial charge < -0.3 is 20.5 Å². The minimum absolute atomic E-state index is 0.0654. The van der Waals surface area contributed by atoms with Gasteiger partial charge in [-0.1, -0.05) is 44.2 Å². The predicted octanol–water partition coefficient (Wildman–Crippen LogP) is 2.88. The Balaban J connectivity index is 1.71. The first kappa shape index (κ1) is 27.2.